The molecule has 0 aliphatic carbocycles. The first-order chi connectivity index (χ1) is 7.58. The summed E-state index contributed by atoms with van der Waals surface area (Å²) in [4.78, 5) is 21.4. The first-order valence-electron chi connectivity index (χ1n) is 5.27. The van der Waals surface area contributed by atoms with Crippen LogP contribution in [0, 0.1) is 6.92 Å². The highest BCUT2D eigenvalue weighted by Crippen LogP contribution is 2.06. The van der Waals surface area contributed by atoms with Crippen molar-refractivity contribution in [2.24, 2.45) is 0 Å². The van der Waals surface area contributed by atoms with Gasteiger partial charge in [0.05, 0.1) is 11.7 Å². The molecule has 0 spiro atoms. The van der Waals surface area contributed by atoms with Crippen LogP contribution in [0.15, 0.2) is 17.2 Å². The molecule has 1 N–H and O–H groups in total. The molecule has 0 saturated carbocycles. The summed E-state index contributed by atoms with van der Waals surface area (Å²) in [6, 6.07) is 1.84. The van der Waals surface area contributed by atoms with Crippen molar-refractivity contribution in [3.8, 4) is 0 Å². The molecule has 0 aliphatic heterocycles. The molecule has 0 bridgehead atoms. The Morgan fingerprint density at radius 1 is 1.50 bits per heavy atom. The quantitative estimate of drug-likeness (QED) is 0.824. The van der Waals surface area contributed by atoms with E-state index in [1.807, 2.05) is 32.0 Å². The van der Waals surface area contributed by atoms with Crippen molar-refractivity contribution in [1.82, 2.24) is 19.4 Å². The number of hydrogen-bond acceptors (Lipinski definition) is 3. The van der Waals surface area contributed by atoms with Gasteiger partial charge >= 0.3 is 0 Å². The van der Waals surface area contributed by atoms with Crippen LogP contribution in [0.4, 0.5) is 0 Å². The molecule has 0 saturated heterocycles. The molecule has 2 rings (SSSR count). The van der Waals surface area contributed by atoms with Crippen LogP contribution in [0.2, 0.25) is 0 Å². The van der Waals surface area contributed by atoms with Crippen LogP contribution in [0.25, 0.3) is 11.0 Å². The normalized spacial score (nSPS) is 11.5. The van der Waals surface area contributed by atoms with Gasteiger partial charge in [0, 0.05) is 18.8 Å². The van der Waals surface area contributed by atoms with Gasteiger partial charge in [-0.3, -0.25) is 9.36 Å². The van der Waals surface area contributed by atoms with Crippen molar-refractivity contribution in [1.29, 1.82) is 0 Å². The summed E-state index contributed by atoms with van der Waals surface area (Å²) in [5.74, 6) is 0. The van der Waals surface area contributed by atoms with Gasteiger partial charge in [0.25, 0.3) is 5.56 Å². The summed E-state index contributed by atoms with van der Waals surface area (Å²) in [6.07, 6.45) is 1.60. The minimum Gasteiger partial charge on any atom is -0.343 e. The van der Waals surface area contributed by atoms with E-state index < -0.39 is 0 Å². The molecule has 0 fully saturated rings. The Labute approximate surface area is 93.7 Å². The van der Waals surface area contributed by atoms with E-state index in [1.54, 1.807) is 10.9 Å². The van der Waals surface area contributed by atoms with E-state index in [1.165, 1.54) is 0 Å². The predicted molar refractivity (Wildman–Crippen MR) is 63.6 cm³/mol. The van der Waals surface area contributed by atoms with Gasteiger partial charge in [-0.2, -0.15) is 0 Å². The summed E-state index contributed by atoms with van der Waals surface area (Å²) in [7, 11) is 3.97. The minimum absolute atomic E-state index is 0.0243. The molecular weight excluding hydrogens is 204 g/mol. The van der Waals surface area contributed by atoms with E-state index in [0.717, 1.165) is 12.2 Å². The number of likely N-dealkylation sites (N-methyl/N-ethyl adjacent to an activating group) is 1. The van der Waals surface area contributed by atoms with Gasteiger partial charge in [-0.15, -0.1) is 0 Å². The molecule has 0 atom stereocenters. The Morgan fingerprint density at radius 3 is 2.94 bits per heavy atom. The lowest BCUT2D eigenvalue weighted by Crippen LogP contribution is -2.26. The Bertz CT molecular complexity index is 553. The molecule has 0 radical (unpaired) electrons. The average Bonchev–Trinajstić information content (AvgIpc) is 2.58. The van der Waals surface area contributed by atoms with Crippen molar-refractivity contribution in [2.45, 2.75) is 13.5 Å². The zero-order chi connectivity index (χ0) is 11.7. The van der Waals surface area contributed by atoms with Crippen LogP contribution in [0.5, 0.6) is 0 Å². The molecule has 2 aromatic rings. The van der Waals surface area contributed by atoms with E-state index in [0.29, 0.717) is 17.6 Å². The number of hydrogen-bond donors (Lipinski definition) is 1. The third-order valence-corrected chi connectivity index (χ3v) is 2.54. The molecule has 16 heavy (non-hydrogen) atoms. The number of nitrogens with zero attached hydrogens (tertiary/aromatic N) is 3. The fourth-order valence-electron chi connectivity index (χ4n) is 1.64. The third-order valence-electron chi connectivity index (χ3n) is 2.54. The number of nitrogens with one attached hydrogen (secondary N) is 1. The van der Waals surface area contributed by atoms with Crippen LogP contribution >= 0.6 is 0 Å². The van der Waals surface area contributed by atoms with E-state index in [4.69, 9.17) is 0 Å². The first kappa shape index (κ1) is 10.9. The molecule has 86 valence electrons. The largest absolute Gasteiger partial charge is 0.343 e. The van der Waals surface area contributed by atoms with Crippen LogP contribution in [-0.2, 0) is 6.54 Å². The Hall–Kier alpha value is -1.62. The van der Waals surface area contributed by atoms with Gasteiger partial charge in [-0.1, -0.05) is 0 Å². The van der Waals surface area contributed by atoms with Crippen molar-refractivity contribution < 1.29 is 0 Å². The minimum atomic E-state index is 0.0243. The number of H-pyrrole nitrogens is 1. The Kier molecular flexibility index (Phi) is 2.78. The number of fused-ring (bicyclic) bond motifs is 1. The fraction of sp³-hybridized carbons (Fsp3) is 0.455. The second-order valence-electron chi connectivity index (χ2n) is 4.26. The van der Waals surface area contributed by atoms with E-state index >= 15 is 0 Å². The first-order valence-corrected chi connectivity index (χ1v) is 5.27. The summed E-state index contributed by atoms with van der Waals surface area (Å²) >= 11 is 0. The van der Waals surface area contributed by atoms with Gasteiger partial charge in [-0.05, 0) is 27.1 Å². The average molecular weight is 220 g/mol. The third kappa shape index (κ3) is 1.99. The van der Waals surface area contributed by atoms with Crippen LogP contribution in [-0.4, -0.2) is 40.1 Å². The molecule has 2 aromatic heterocycles. The molecule has 2 heterocycles. The van der Waals surface area contributed by atoms with Crippen LogP contribution < -0.4 is 5.56 Å². The fourth-order valence-corrected chi connectivity index (χ4v) is 1.64. The van der Waals surface area contributed by atoms with Gasteiger partial charge in [0.1, 0.15) is 5.65 Å². The number of aromatic nitrogens is 3. The topological polar surface area (TPSA) is 53.9 Å². The molecule has 0 aromatic carbocycles. The molecular formula is C11H16N4O. The van der Waals surface area contributed by atoms with Crippen LogP contribution in [0.3, 0.4) is 0 Å². The van der Waals surface area contributed by atoms with E-state index in [2.05, 4.69) is 9.97 Å². The Balaban J connectivity index is 2.40. The smallest absolute Gasteiger partial charge is 0.262 e. The Morgan fingerprint density at radius 2 is 2.25 bits per heavy atom. The maximum absolute atomic E-state index is 12.0. The summed E-state index contributed by atoms with van der Waals surface area (Å²) in [5, 5.41) is 0.666. The van der Waals surface area contributed by atoms with E-state index in [9.17, 15) is 4.79 Å². The highest BCUT2D eigenvalue weighted by molar-refractivity contribution is 5.74. The monoisotopic (exact) mass is 220 g/mol. The lowest BCUT2D eigenvalue weighted by molar-refractivity contribution is 0.380. The van der Waals surface area contributed by atoms with Crippen molar-refractivity contribution >= 4 is 11.0 Å². The van der Waals surface area contributed by atoms with Crippen molar-refractivity contribution in [2.75, 3.05) is 20.6 Å². The molecule has 0 unspecified atom stereocenters. The maximum atomic E-state index is 12.0. The lowest BCUT2D eigenvalue weighted by atomic mass is 10.3. The summed E-state index contributed by atoms with van der Waals surface area (Å²) < 4.78 is 1.65. The highest BCUT2D eigenvalue weighted by Gasteiger charge is 2.06. The second-order valence-corrected chi connectivity index (χ2v) is 4.26. The number of aryl methyl sites for hydroxylation is 1. The number of rotatable bonds is 3. The van der Waals surface area contributed by atoms with Crippen molar-refractivity contribution in [3.05, 3.63) is 28.4 Å². The second kappa shape index (κ2) is 4.09. The van der Waals surface area contributed by atoms with Gasteiger partial charge < -0.3 is 9.88 Å². The zero-order valence-electron chi connectivity index (χ0n) is 9.82. The van der Waals surface area contributed by atoms with Crippen molar-refractivity contribution in [3.63, 3.8) is 0 Å². The standard InChI is InChI=1S/C11H16N4O/c1-8-6-9-10(13-8)12-7-15(11(9)16)5-4-14(2)3/h6-7,13H,4-5H2,1-3H3. The maximum Gasteiger partial charge on any atom is 0.262 e. The lowest BCUT2D eigenvalue weighted by Gasteiger charge is -2.10. The van der Waals surface area contributed by atoms with Crippen LogP contribution in [0.1, 0.15) is 5.69 Å². The molecule has 5 nitrogen and oxygen atoms in total. The van der Waals surface area contributed by atoms with Gasteiger partial charge in [0.15, 0.2) is 0 Å². The van der Waals surface area contributed by atoms with Gasteiger partial charge in [-0.25, -0.2) is 4.98 Å². The van der Waals surface area contributed by atoms with Gasteiger partial charge in [0.2, 0.25) is 0 Å². The molecule has 0 amide bonds. The molecule has 5 heteroatoms. The zero-order valence-corrected chi connectivity index (χ0v) is 9.82. The summed E-state index contributed by atoms with van der Waals surface area (Å²) in [5.41, 5.74) is 1.66. The SMILES string of the molecule is Cc1cc2c(=O)n(CCN(C)C)cnc2[nH]1. The number of aromatic amines is 1. The van der Waals surface area contributed by atoms with E-state index in [-0.39, 0.29) is 5.56 Å². The summed E-state index contributed by atoms with van der Waals surface area (Å²) in [6.45, 7) is 3.42. The highest BCUT2D eigenvalue weighted by atomic mass is 16.1. The molecule has 0 aliphatic rings. The predicted octanol–water partition coefficient (Wildman–Crippen LogP) is 0.595.